The van der Waals surface area contributed by atoms with E-state index in [1.54, 1.807) is 0 Å². The third-order valence-corrected chi connectivity index (χ3v) is 4.20. The smallest absolute Gasteiger partial charge is 0.0653 e. The first-order valence-electron chi connectivity index (χ1n) is 7.48. The van der Waals surface area contributed by atoms with E-state index in [2.05, 4.69) is 23.2 Å². The summed E-state index contributed by atoms with van der Waals surface area (Å²) in [5.74, 6) is 0. The number of nitrogens with zero attached hydrogens (tertiary/aromatic N) is 1. The lowest BCUT2D eigenvalue weighted by Gasteiger charge is -2.38. The highest BCUT2D eigenvalue weighted by molar-refractivity contribution is 6.30. The van der Waals surface area contributed by atoms with Crippen LogP contribution in [-0.2, 0) is 6.54 Å². The Balaban J connectivity index is 2.10. The van der Waals surface area contributed by atoms with E-state index in [9.17, 15) is 5.11 Å². The number of halogens is 1. The van der Waals surface area contributed by atoms with Gasteiger partial charge in [0, 0.05) is 30.3 Å². The van der Waals surface area contributed by atoms with Crippen LogP contribution in [0.15, 0.2) is 18.2 Å². The number of hydrogen-bond acceptors (Lipinski definition) is 3. The molecule has 0 unspecified atom stereocenters. The summed E-state index contributed by atoms with van der Waals surface area (Å²) in [7, 11) is 0. The van der Waals surface area contributed by atoms with E-state index in [1.165, 1.54) is 11.3 Å². The third-order valence-electron chi connectivity index (χ3n) is 3.97. The number of benzene rings is 1. The fourth-order valence-corrected chi connectivity index (χ4v) is 2.83. The van der Waals surface area contributed by atoms with Crippen molar-refractivity contribution < 1.29 is 5.11 Å². The summed E-state index contributed by atoms with van der Waals surface area (Å²) in [6.07, 6.45) is 2.76. The standard InChI is InChI=1S/C16H25ClN2O/c1-3-8-18-12-13-11-14(17)4-5-15(13)19-9-6-16(2,20)7-10-19/h4-5,11,18,20H,3,6-10,12H2,1-2H3. The molecule has 1 aliphatic heterocycles. The lowest BCUT2D eigenvalue weighted by molar-refractivity contribution is 0.0351. The van der Waals surface area contributed by atoms with Crippen LogP contribution in [0.4, 0.5) is 5.69 Å². The minimum absolute atomic E-state index is 0.510. The van der Waals surface area contributed by atoms with Gasteiger partial charge in [-0.3, -0.25) is 0 Å². The van der Waals surface area contributed by atoms with Gasteiger partial charge in [0.1, 0.15) is 0 Å². The molecular weight excluding hydrogens is 272 g/mol. The number of hydrogen-bond donors (Lipinski definition) is 2. The summed E-state index contributed by atoms with van der Waals surface area (Å²) in [4.78, 5) is 2.36. The van der Waals surface area contributed by atoms with Gasteiger partial charge in [-0.2, -0.15) is 0 Å². The molecule has 1 saturated heterocycles. The van der Waals surface area contributed by atoms with Crippen molar-refractivity contribution >= 4 is 17.3 Å². The molecule has 0 spiro atoms. The zero-order valence-corrected chi connectivity index (χ0v) is 13.2. The molecule has 20 heavy (non-hydrogen) atoms. The summed E-state index contributed by atoms with van der Waals surface area (Å²) in [6.45, 7) is 7.75. The minimum Gasteiger partial charge on any atom is -0.390 e. The van der Waals surface area contributed by atoms with Crippen molar-refractivity contribution in [2.45, 2.75) is 45.3 Å². The lowest BCUT2D eigenvalue weighted by atomic mass is 9.93. The van der Waals surface area contributed by atoms with Gasteiger partial charge in [0.25, 0.3) is 0 Å². The van der Waals surface area contributed by atoms with Gasteiger partial charge in [-0.15, -0.1) is 0 Å². The summed E-state index contributed by atoms with van der Waals surface area (Å²) >= 11 is 6.13. The molecule has 112 valence electrons. The summed E-state index contributed by atoms with van der Waals surface area (Å²) < 4.78 is 0. The van der Waals surface area contributed by atoms with Crippen molar-refractivity contribution in [2.24, 2.45) is 0 Å². The highest BCUT2D eigenvalue weighted by atomic mass is 35.5. The summed E-state index contributed by atoms with van der Waals surface area (Å²) in [5.41, 5.74) is 1.98. The first kappa shape index (κ1) is 15.6. The van der Waals surface area contributed by atoms with Crippen LogP contribution in [0.5, 0.6) is 0 Å². The van der Waals surface area contributed by atoms with Gasteiger partial charge >= 0.3 is 0 Å². The average Bonchev–Trinajstić information content (AvgIpc) is 2.40. The molecule has 1 aromatic rings. The second-order valence-electron chi connectivity index (χ2n) is 5.93. The Kier molecular flexibility index (Phi) is 5.30. The fraction of sp³-hybridized carbons (Fsp3) is 0.625. The summed E-state index contributed by atoms with van der Waals surface area (Å²) in [6, 6.07) is 6.10. The van der Waals surface area contributed by atoms with E-state index in [-0.39, 0.29) is 0 Å². The molecule has 0 radical (unpaired) electrons. The van der Waals surface area contributed by atoms with Gasteiger partial charge < -0.3 is 15.3 Å². The maximum atomic E-state index is 10.1. The molecule has 0 aliphatic carbocycles. The van der Waals surface area contributed by atoms with Crippen LogP contribution in [0.2, 0.25) is 5.02 Å². The second-order valence-corrected chi connectivity index (χ2v) is 6.37. The van der Waals surface area contributed by atoms with Crippen molar-refractivity contribution in [2.75, 3.05) is 24.5 Å². The van der Waals surface area contributed by atoms with Crippen LogP contribution in [0.1, 0.15) is 38.7 Å². The van der Waals surface area contributed by atoms with Gasteiger partial charge in [-0.1, -0.05) is 18.5 Å². The van der Waals surface area contributed by atoms with Gasteiger partial charge in [0.05, 0.1) is 5.60 Å². The predicted octanol–water partition coefficient (Wildman–Crippen LogP) is 3.19. The molecular formula is C16H25ClN2O. The molecule has 1 aliphatic rings. The monoisotopic (exact) mass is 296 g/mol. The van der Waals surface area contributed by atoms with Crippen molar-refractivity contribution in [3.8, 4) is 0 Å². The summed E-state index contributed by atoms with van der Waals surface area (Å²) in [5, 5.41) is 14.3. The van der Waals surface area contributed by atoms with Gasteiger partial charge in [0.2, 0.25) is 0 Å². The van der Waals surface area contributed by atoms with Gasteiger partial charge in [-0.25, -0.2) is 0 Å². The third kappa shape index (κ3) is 4.11. The largest absolute Gasteiger partial charge is 0.390 e. The number of nitrogens with one attached hydrogen (secondary N) is 1. The molecule has 2 rings (SSSR count). The van der Waals surface area contributed by atoms with E-state index in [1.807, 2.05) is 19.1 Å². The normalized spacial score (nSPS) is 18.3. The molecule has 0 amide bonds. The van der Waals surface area contributed by atoms with Gasteiger partial charge in [-0.05, 0) is 56.5 Å². The molecule has 1 aromatic carbocycles. The Morgan fingerprint density at radius 1 is 1.35 bits per heavy atom. The average molecular weight is 297 g/mol. The SMILES string of the molecule is CCCNCc1cc(Cl)ccc1N1CCC(C)(O)CC1. The number of piperidine rings is 1. The second kappa shape index (κ2) is 6.79. The van der Waals surface area contributed by atoms with Crippen molar-refractivity contribution in [3.05, 3.63) is 28.8 Å². The molecule has 0 bridgehead atoms. The van der Waals surface area contributed by atoms with Crippen molar-refractivity contribution in [1.29, 1.82) is 0 Å². The van der Waals surface area contributed by atoms with Crippen LogP contribution in [-0.4, -0.2) is 30.3 Å². The molecule has 0 saturated carbocycles. The van der Waals surface area contributed by atoms with Crippen molar-refractivity contribution in [1.82, 2.24) is 5.32 Å². The molecule has 1 heterocycles. The first-order valence-corrected chi connectivity index (χ1v) is 7.86. The fourth-order valence-electron chi connectivity index (χ4n) is 2.63. The Labute approximate surface area is 126 Å². The van der Waals surface area contributed by atoms with Crippen LogP contribution in [0.25, 0.3) is 0 Å². The maximum absolute atomic E-state index is 10.1. The lowest BCUT2D eigenvalue weighted by Crippen LogP contribution is -2.42. The molecule has 4 heteroatoms. The molecule has 1 fully saturated rings. The molecule has 0 atom stereocenters. The molecule has 2 N–H and O–H groups in total. The van der Waals surface area contributed by atoms with E-state index in [0.29, 0.717) is 0 Å². The zero-order chi connectivity index (χ0) is 14.6. The van der Waals surface area contributed by atoms with Gasteiger partial charge in [0.15, 0.2) is 0 Å². The quantitative estimate of drug-likeness (QED) is 0.819. The highest BCUT2D eigenvalue weighted by Crippen LogP contribution is 2.30. The number of rotatable bonds is 5. The topological polar surface area (TPSA) is 35.5 Å². The Hall–Kier alpha value is -0.770. The van der Waals surface area contributed by atoms with Crippen LogP contribution in [0, 0.1) is 0 Å². The Morgan fingerprint density at radius 2 is 2.05 bits per heavy atom. The van der Waals surface area contributed by atoms with Crippen LogP contribution >= 0.6 is 11.6 Å². The highest BCUT2D eigenvalue weighted by Gasteiger charge is 2.28. The number of aliphatic hydroxyl groups is 1. The maximum Gasteiger partial charge on any atom is 0.0653 e. The predicted molar refractivity (Wildman–Crippen MR) is 85.5 cm³/mol. The van der Waals surface area contributed by atoms with E-state index < -0.39 is 5.60 Å². The van der Waals surface area contributed by atoms with Crippen LogP contribution < -0.4 is 10.2 Å². The van der Waals surface area contributed by atoms with E-state index in [0.717, 1.165) is 50.5 Å². The van der Waals surface area contributed by atoms with E-state index >= 15 is 0 Å². The number of anilines is 1. The van der Waals surface area contributed by atoms with Crippen LogP contribution in [0.3, 0.4) is 0 Å². The zero-order valence-electron chi connectivity index (χ0n) is 12.5. The Morgan fingerprint density at radius 3 is 2.70 bits per heavy atom. The first-order chi connectivity index (χ1) is 9.52. The Bertz CT molecular complexity index is 438. The van der Waals surface area contributed by atoms with Crippen molar-refractivity contribution in [3.63, 3.8) is 0 Å². The van der Waals surface area contributed by atoms with E-state index in [4.69, 9.17) is 11.6 Å². The minimum atomic E-state index is -0.510. The molecule has 0 aromatic heterocycles. The molecule has 3 nitrogen and oxygen atoms in total.